The third kappa shape index (κ3) is 5.76. The first-order valence-corrected chi connectivity index (χ1v) is 11.6. The van der Waals surface area contributed by atoms with Crippen LogP contribution >= 0.6 is 11.6 Å². The lowest BCUT2D eigenvalue weighted by molar-refractivity contribution is -0.105. The molecule has 1 aromatic heterocycles. The number of fused-ring (bicyclic) bond motifs is 1. The van der Waals surface area contributed by atoms with E-state index in [0.29, 0.717) is 30.9 Å². The van der Waals surface area contributed by atoms with Crippen molar-refractivity contribution < 1.29 is 17.9 Å². The van der Waals surface area contributed by atoms with E-state index in [2.05, 4.69) is 10.4 Å². The Morgan fingerprint density at radius 3 is 2.65 bits per heavy atom. The molecule has 170 valence electrons. The maximum absolute atomic E-state index is 12.6. The average Bonchev–Trinajstić information content (AvgIpc) is 2.97. The van der Waals surface area contributed by atoms with E-state index in [-0.39, 0.29) is 17.5 Å². The number of aryl methyl sites for hydroxylation is 2. The molecule has 0 aliphatic carbocycles. The standard InChI is InChI=1S/C15H21N3O4S.C5H7ClN2/c1-15(2,14(16)17)23(20,21)8-10-5-6-22-13-4-3-11(18-9-19)7-12(10)13;1-4-5(6)3-8(2)7-4/h3-4,7,9-10H,5-6,8H2,1-2H3,(H3,16,17)(H,18,19);3H,1-2H3. The van der Waals surface area contributed by atoms with Gasteiger partial charge >= 0.3 is 0 Å². The fourth-order valence-corrected chi connectivity index (χ4v) is 4.81. The lowest BCUT2D eigenvalue weighted by atomic mass is 9.94. The highest BCUT2D eigenvalue weighted by Gasteiger charge is 2.40. The Balaban J connectivity index is 0.000000357. The zero-order chi connectivity index (χ0) is 23.4. The number of carbonyl (C=O) groups excluding carboxylic acids is 1. The summed E-state index contributed by atoms with van der Waals surface area (Å²) >= 11 is 5.65. The second-order valence-electron chi connectivity index (χ2n) is 7.79. The number of amides is 1. The quantitative estimate of drug-likeness (QED) is 0.337. The van der Waals surface area contributed by atoms with Crippen LogP contribution in [0.25, 0.3) is 0 Å². The van der Waals surface area contributed by atoms with Crippen molar-refractivity contribution in [3.8, 4) is 5.75 Å². The zero-order valence-corrected chi connectivity index (χ0v) is 19.5. The van der Waals surface area contributed by atoms with Gasteiger partial charge < -0.3 is 15.8 Å². The minimum atomic E-state index is -3.62. The summed E-state index contributed by atoms with van der Waals surface area (Å²) in [5.41, 5.74) is 7.66. The van der Waals surface area contributed by atoms with E-state index in [1.54, 1.807) is 29.1 Å². The number of rotatable bonds is 6. The summed E-state index contributed by atoms with van der Waals surface area (Å²) in [4.78, 5) is 10.6. The van der Waals surface area contributed by atoms with Gasteiger partial charge in [-0.2, -0.15) is 5.10 Å². The summed E-state index contributed by atoms with van der Waals surface area (Å²) in [6.07, 6.45) is 2.89. The molecule has 0 radical (unpaired) electrons. The highest BCUT2D eigenvalue weighted by molar-refractivity contribution is 7.93. The van der Waals surface area contributed by atoms with Crippen LogP contribution in [-0.4, -0.2) is 47.6 Å². The van der Waals surface area contributed by atoms with Crippen molar-refractivity contribution in [1.82, 2.24) is 9.78 Å². The second kappa shape index (κ2) is 9.69. The number of hydrogen-bond donors (Lipinski definition) is 3. The van der Waals surface area contributed by atoms with Gasteiger partial charge in [0, 0.05) is 30.4 Å². The van der Waals surface area contributed by atoms with Gasteiger partial charge in [0.05, 0.1) is 23.1 Å². The molecule has 3 rings (SSSR count). The molecule has 0 saturated carbocycles. The molecule has 4 N–H and O–H groups in total. The molecule has 0 saturated heterocycles. The number of sulfone groups is 1. The van der Waals surface area contributed by atoms with Crippen molar-refractivity contribution in [3.63, 3.8) is 0 Å². The Morgan fingerprint density at radius 2 is 2.16 bits per heavy atom. The van der Waals surface area contributed by atoms with Crippen LogP contribution in [-0.2, 0) is 21.7 Å². The van der Waals surface area contributed by atoms with Crippen LogP contribution in [0.1, 0.15) is 37.4 Å². The number of nitrogens with one attached hydrogen (secondary N) is 2. The molecule has 1 aliphatic heterocycles. The van der Waals surface area contributed by atoms with Gasteiger partial charge in [0.1, 0.15) is 16.3 Å². The fraction of sp³-hybridized carbons (Fsp3) is 0.450. The van der Waals surface area contributed by atoms with Crippen LogP contribution in [0.5, 0.6) is 5.75 Å². The largest absolute Gasteiger partial charge is 0.493 e. The summed E-state index contributed by atoms with van der Waals surface area (Å²) in [5, 5.41) is 14.8. The molecule has 1 aromatic carbocycles. The topological polar surface area (TPSA) is 140 Å². The second-order valence-corrected chi connectivity index (χ2v) is 10.8. The third-order valence-electron chi connectivity index (χ3n) is 5.20. The maximum Gasteiger partial charge on any atom is 0.211 e. The molecule has 1 aliphatic rings. The molecule has 1 atom stereocenters. The molecule has 2 heterocycles. The molecule has 9 nitrogen and oxygen atoms in total. The SMILES string of the molecule is CC(C)(C(=N)N)S(=O)(=O)CC1CCOc2ccc(NC=O)cc21.Cc1nn(C)cc1Cl. The molecule has 1 unspecified atom stereocenters. The maximum atomic E-state index is 12.6. The third-order valence-corrected chi connectivity index (χ3v) is 8.19. The number of amidine groups is 1. The van der Waals surface area contributed by atoms with Crippen molar-refractivity contribution in [3.05, 3.63) is 40.7 Å². The van der Waals surface area contributed by atoms with E-state index < -0.39 is 14.6 Å². The molecular weight excluding hydrogens is 442 g/mol. The Hall–Kier alpha value is -2.59. The molecule has 0 bridgehead atoms. The minimum Gasteiger partial charge on any atom is -0.493 e. The molecule has 0 spiro atoms. The van der Waals surface area contributed by atoms with Gasteiger partial charge in [-0.25, -0.2) is 8.42 Å². The number of ether oxygens (including phenoxy) is 1. The highest BCUT2D eigenvalue weighted by Crippen LogP contribution is 2.37. The van der Waals surface area contributed by atoms with Crippen molar-refractivity contribution in [1.29, 1.82) is 5.41 Å². The number of halogens is 1. The smallest absolute Gasteiger partial charge is 0.211 e. The van der Waals surface area contributed by atoms with Crippen molar-refractivity contribution >= 4 is 39.4 Å². The number of nitrogens with two attached hydrogens (primary N) is 1. The fourth-order valence-electron chi connectivity index (χ4n) is 3.01. The van der Waals surface area contributed by atoms with Crippen LogP contribution < -0.4 is 15.8 Å². The molecule has 1 amide bonds. The monoisotopic (exact) mass is 469 g/mol. The minimum absolute atomic E-state index is 0.125. The summed E-state index contributed by atoms with van der Waals surface area (Å²) in [7, 11) is -1.78. The van der Waals surface area contributed by atoms with Crippen LogP contribution in [0.3, 0.4) is 0 Å². The Bertz CT molecular complexity index is 1050. The summed E-state index contributed by atoms with van der Waals surface area (Å²) in [6, 6.07) is 5.14. The van der Waals surface area contributed by atoms with Crippen molar-refractivity contribution in [2.75, 3.05) is 17.7 Å². The van der Waals surface area contributed by atoms with E-state index in [1.165, 1.54) is 13.8 Å². The van der Waals surface area contributed by atoms with Crippen LogP contribution in [0, 0.1) is 12.3 Å². The van der Waals surface area contributed by atoms with Gasteiger partial charge in [-0.3, -0.25) is 14.9 Å². The number of benzene rings is 1. The van der Waals surface area contributed by atoms with Crippen molar-refractivity contribution in [2.45, 2.75) is 37.9 Å². The normalized spacial score (nSPS) is 15.7. The van der Waals surface area contributed by atoms with E-state index in [0.717, 1.165) is 16.3 Å². The highest BCUT2D eigenvalue weighted by atomic mass is 35.5. The first-order valence-electron chi connectivity index (χ1n) is 9.58. The van der Waals surface area contributed by atoms with Gasteiger partial charge in [-0.15, -0.1) is 0 Å². The number of carbonyl (C=O) groups is 1. The number of aromatic nitrogens is 2. The molecule has 2 aromatic rings. The molecular formula is C20H28ClN5O4S. The number of nitrogens with zero attached hydrogens (tertiary/aromatic N) is 2. The van der Waals surface area contributed by atoms with Gasteiger partial charge in [0.15, 0.2) is 9.84 Å². The summed E-state index contributed by atoms with van der Waals surface area (Å²) in [6.45, 7) is 5.18. The van der Waals surface area contributed by atoms with Gasteiger partial charge in [0.25, 0.3) is 0 Å². The summed E-state index contributed by atoms with van der Waals surface area (Å²) in [5.74, 6) is -0.147. The molecule has 11 heteroatoms. The Labute approximate surface area is 187 Å². The van der Waals surface area contributed by atoms with Crippen LogP contribution in [0.2, 0.25) is 5.02 Å². The van der Waals surface area contributed by atoms with Gasteiger partial charge in [-0.05, 0) is 45.4 Å². The first-order chi connectivity index (χ1) is 14.4. The molecule has 31 heavy (non-hydrogen) atoms. The lowest BCUT2D eigenvalue weighted by Gasteiger charge is -2.30. The predicted molar refractivity (Wildman–Crippen MR) is 122 cm³/mol. The van der Waals surface area contributed by atoms with Gasteiger partial charge in [0.2, 0.25) is 6.41 Å². The summed E-state index contributed by atoms with van der Waals surface area (Å²) < 4.78 is 31.1. The van der Waals surface area contributed by atoms with Gasteiger partial charge in [-0.1, -0.05) is 11.6 Å². The Morgan fingerprint density at radius 1 is 1.48 bits per heavy atom. The van der Waals surface area contributed by atoms with Crippen LogP contribution in [0.4, 0.5) is 5.69 Å². The van der Waals surface area contributed by atoms with E-state index in [4.69, 9.17) is 27.5 Å². The van der Waals surface area contributed by atoms with Crippen molar-refractivity contribution in [2.24, 2.45) is 12.8 Å². The number of anilines is 1. The van der Waals surface area contributed by atoms with E-state index >= 15 is 0 Å². The average molecular weight is 470 g/mol. The van der Waals surface area contributed by atoms with Crippen LogP contribution in [0.15, 0.2) is 24.4 Å². The predicted octanol–water partition coefficient (Wildman–Crippen LogP) is 2.63. The first kappa shape index (κ1) is 24.7. The zero-order valence-electron chi connectivity index (χ0n) is 18.0. The molecule has 0 fully saturated rings. The Kier molecular flexibility index (Phi) is 7.72. The number of hydrogen-bond acceptors (Lipinski definition) is 6. The van der Waals surface area contributed by atoms with E-state index in [1.807, 2.05) is 14.0 Å². The van der Waals surface area contributed by atoms with E-state index in [9.17, 15) is 13.2 Å². The lowest BCUT2D eigenvalue weighted by Crippen LogP contribution is -2.47.